The first-order chi connectivity index (χ1) is 7.33. The third-order valence-corrected chi connectivity index (χ3v) is 2.15. The first-order valence-electron chi connectivity index (χ1n) is 5.18. The van der Waals surface area contributed by atoms with Crippen LogP contribution in [-0.4, -0.2) is 22.2 Å². The summed E-state index contributed by atoms with van der Waals surface area (Å²) in [6.45, 7) is 7.51. The predicted molar refractivity (Wildman–Crippen MR) is 63.2 cm³/mol. The SMILES string of the molecule is Cc1cc(NCC(C)(C)O)c(C#N)c(C)n1. The zero-order valence-corrected chi connectivity index (χ0v) is 10.1. The molecule has 16 heavy (non-hydrogen) atoms. The number of aromatic nitrogens is 1. The highest BCUT2D eigenvalue weighted by Crippen LogP contribution is 2.19. The van der Waals surface area contributed by atoms with Crippen LogP contribution in [0.15, 0.2) is 6.07 Å². The molecule has 0 saturated carbocycles. The summed E-state index contributed by atoms with van der Waals surface area (Å²) in [4.78, 5) is 4.22. The molecule has 1 aromatic heterocycles. The number of nitriles is 1. The van der Waals surface area contributed by atoms with Gasteiger partial charge in [0.05, 0.1) is 22.5 Å². The number of nitrogens with one attached hydrogen (secondary N) is 1. The van der Waals surface area contributed by atoms with E-state index in [1.54, 1.807) is 20.8 Å². The number of pyridine rings is 1. The van der Waals surface area contributed by atoms with Gasteiger partial charge in [0, 0.05) is 12.2 Å². The Kier molecular flexibility index (Phi) is 3.51. The summed E-state index contributed by atoms with van der Waals surface area (Å²) in [5.41, 5.74) is 2.03. The lowest BCUT2D eigenvalue weighted by Gasteiger charge is -2.19. The second-order valence-corrected chi connectivity index (χ2v) is 4.55. The lowest BCUT2D eigenvalue weighted by Crippen LogP contribution is -2.29. The van der Waals surface area contributed by atoms with Gasteiger partial charge in [-0.3, -0.25) is 4.98 Å². The Bertz CT molecular complexity index is 427. The average molecular weight is 219 g/mol. The third-order valence-electron chi connectivity index (χ3n) is 2.15. The quantitative estimate of drug-likeness (QED) is 0.812. The molecule has 0 aromatic carbocycles. The Labute approximate surface area is 95.9 Å². The van der Waals surface area contributed by atoms with E-state index in [1.165, 1.54) is 0 Å². The van der Waals surface area contributed by atoms with Crippen LogP contribution in [0.5, 0.6) is 0 Å². The maximum atomic E-state index is 9.62. The van der Waals surface area contributed by atoms with Crippen LogP contribution in [0, 0.1) is 25.2 Å². The molecule has 0 radical (unpaired) electrons. The van der Waals surface area contributed by atoms with E-state index in [1.807, 2.05) is 13.0 Å². The van der Waals surface area contributed by atoms with Crippen molar-refractivity contribution in [2.75, 3.05) is 11.9 Å². The normalized spacial score (nSPS) is 11.0. The third kappa shape index (κ3) is 3.21. The summed E-state index contributed by atoms with van der Waals surface area (Å²) in [6, 6.07) is 3.94. The van der Waals surface area contributed by atoms with Crippen molar-refractivity contribution in [2.45, 2.75) is 33.3 Å². The van der Waals surface area contributed by atoms with E-state index >= 15 is 0 Å². The van der Waals surface area contributed by atoms with Gasteiger partial charge in [0.15, 0.2) is 0 Å². The van der Waals surface area contributed by atoms with Gasteiger partial charge in [-0.1, -0.05) is 0 Å². The van der Waals surface area contributed by atoms with Crippen LogP contribution in [0.25, 0.3) is 0 Å². The van der Waals surface area contributed by atoms with Crippen LogP contribution in [0.1, 0.15) is 30.8 Å². The van der Waals surface area contributed by atoms with Crippen LogP contribution >= 0.6 is 0 Å². The van der Waals surface area contributed by atoms with Gasteiger partial charge < -0.3 is 10.4 Å². The van der Waals surface area contributed by atoms with Crippen molar-refractivity contribution >= 4 is 5.69 Å². The maximum absolute atomic E-state index is 9.62. The minimum Gasteiger partial charge on any atom is -0.389 e. The van der Waals surface area contributed by atoms with Gasteiger partial charge in [0.25, 0.3) is 0 Å². The van der Waals surface area contributed by atoms with Gasteiger partial charge in [-0.2, -0.15) is 5.26 Å². The maximum Gasteiger partial charge on any atom is 0.103 e. The number of aryl methyl sites for hydroxylation is 2. The Morgan fingerprint density at radius 1 is 1.50 bits per heavy atom. The average Bonchev–Trinajstić information content (AvgIpc) is 2.12. The standard InChI is InChI=1S/C12H17N3O/c1-8-5-11(14-7-12(3,4)16)10(6-13)9(2)15-8/h5,16H,7H2,1-4H3,(H,14,15). The molecule has 0 bridgehead atoms. The molecule has 1 rings (SSSR count). The highest BCUT2D eigenvalue weighted by molar-refractivity contribution is 5.59. The van der Waals surface area contributed by atoms with E-state index in [0.29, 0.717) is 17.8 Å². The van der Waals surface area contributed by atoms with E-state index in [-0.39, 0.29) is 0 Å². The summed E-state index contributed by atoms with van der Waals surface area (Å²) >= 11 is 0. The van der Waals surface area contributed by atoms with Crippen LogP contribution < -0.4 is 5.32 Å². The summed E-state index contributed by atoms with van der Waals surface area (Å²) < 4.78 is 0. The zero-order chi connectivity index (χ0) is 12.3. The van der Waals surface area contributed by atoms with Gasteiger partial charge in [-0.25, -0.2) is 0 Å². The van der Waals surface area contributed by atoms with Crippen LogP contribution in [0.3, 0.4) is 0 Å². The van der Waals surface area contributed by atoms with E-state index in [2.05, 4.69) is 16.4 Å². The second kappa shape index (κ2) is 4.50. The molecule has 1 heterocycles. The molecule has 4 heteroatoms. The molecule has 0 aliphatic rings. The lowest BCUT2D eigenvalue weighted by atomic mass is 10.1. The van der Waals surface area contributed by atoms with E-state index in [9.17, 15) is 5.11 Å². The molecule has 0 unspecified atom stereocenters. The highest BCUT2D eigenvalue weighted by Gasteiger charge is 2.14. The van der Waals surface area contributed by atoms with Crippen molar-refractivity contribution in [1.29, 1.82) is 5.26 Å². The summed E-state index contributed by atoms with van der Waals surface area (Å²) in [5.74, 6) is 0. The Morgan fingerprint density at radius 3 is 2.62 bits per heavy atom. The number of hydrogen-bond acceptors (Lipinski definition) is 4. The zero-order valence-electron chi connectivity index (χ0n) is 10.1. The van der Waals surface area contributed by atoms with Crippen LogP contribution in [-0.2, 0) is 0 Å². The fourth-order valence-electron chi connectivity index (χ4n) is 1.42. The topological polar surface area (TPSA) is 68.9 Å². The number of hydrogen-bond donors (Lipinski definition) is 2. The Hall–Kier alpha value is -1.60. The smallest absolute Gasteiger partial charge is 0.103 e. The highest BCUT2D eigenvalue weighted by atomic mass is 16.3. The monoisotopic (exact) mass is 219 g/mol. The first kappa shape index (κ1) is 12.5. The molecule has 4 nitrogen and oxygen atoms in total. The van der Waals surface area contributed by atoms with Crippen molar-refractivity contribution in [2.24, 2.45) is 0 Å². The van der Waals surface area contributed by atoms with E-state index in [0.717, 1.165) is 11.4 Å². The fourth-order valence-corrected chi connectivity index (χ4v) is 1.42. The van der Waals surface area contributed by atoms with Crippen LogP contribution in [0.2, 0.25) is 0 Å². The van der Waals surface area contributed by atoms with Gasteiger partial charge in [0.2, 0.25) is 0 Å². The molecule has 0 aliphatic heterocycles. The van der Waals surface area contributed by atoms with Crippen LogP contribution in [0.4, 0.5) is 5.69 Å². The Balaban J connectivity index is 3.00. The second-order valence-electron chi connectivity index (χ2n) is 4.55. The number of nitrogens with zero attached hydrogens (tertiary/aromatic N) is 2. The van der Waals surface area contributed by atoms with E-state index in [4.69, 9.17) is 5.26 Å². The largest absolute Gasteiger partial charge is 0.389 e. The number of anilines is 1. The van der Waals surface area contributed by atoms with Gasteiger partial charge in [0.1, 0.15) is 6.07 Å². The van der Waals surface area contributed by atoms with Crippen molar-refractivity contribution in [3.8, 4) is 6.07 Å². The molecule has 0 aliphatic carbocycles. The predicted octanol–water partition coefficient (Wildman–Crippen LogP) is 1.75. The molecule has 86 valence electrons. The molecule has 0 fully saturated rings. The van der Waals surface area contributed by atoms with Crippen molar-refractivity contribution in [3.63, 3.8) is 0 Å². The molecule has 1 aromatic rings. The fraction of sp³-hybridized carbons (Fsp3) is 0.500. The minimum atomic E-state index is -0.808. The van der Waals surface area contributed by atoms with Gasteiger partial charge in [-0.05, 0) is 33.8 Å². The molecule has 0 spiro atoms. The summed E-state index contributed by atoms with van der Waals surface area (Å²) in [7, 11) is 0. The Morgan fingerprint density at radius 2 is 2.12 bits per heavy atom. The molecule has 0 amide bonds. The molecular formula is C12H17N3O. The number of aliphatic hydroxyl groups is 1. The number of rotatable bonds is 3. The summed E-state index contributed by atoms with van der Waals surface area (Å²) in [6.07, 6.45) is 0. The summed E-state index contributed by atoms with van der Waals surface area (Å²) in [5, 5.41) is 21.7. The minimum absolute atomic E-state index is 0.393. The van der Waals surface area contributed by atoms with Gasteiger partial charge >= 0.3 is 0 Å². The van der Waals surface area contributed by atoms with Crippen molar-refractivity contribution < 1.29 is 5.11 Å². The van der Waals surface area contributed by atoms with Gasteiger partial charge in [-0.15, -0.1) is 0 Å². The van der Waals surface area contributed by atoms with Crippen molar-refractivity contribution in [1.82, 2.24) is 4.98 Å². The van der Waals surface area contributed by atoms with Crippen molar-refractivity contribution in [3.05, 3.63) is 23.0 Å². The first-order valence-corrected chi connectivity index (χ1v) is 5.18. The molecule has 0 saturated heterocycles. The molecular weight excluding hydrogens is 202 g/mol. The van der Waals surface area contributed by atoms with E-state index < -0.39 is 5.60 Å². The molecule has 2 N–H and O–H groups in total. The lowest BCUT2D eigenvalue weighted by molar-refractivity contribution is 0.0945. The molecule has 0 atom stereocenters.